The van der Waals surface area contributed by atoms with E-state index in [9.17, 15) is 4.79 Å². The molecule has 0 radical (unpaired) electrons. The third-order valence-corrected chi connectivity index (χ3v) is 5.04. The number of halogens is 1. The van der Waals surface area contributed by atoms with Gasteiger partial charge in [-0.15, -0.1) is 11.3 Å². The number of hydrogen-bond acceptors (Lipinski definition) is 6. The fourth-order valence-corrected chi connectivity index (χ4v) is 3.56. The summed E-state index contributed by atoms with van der Waals surface area (Å²) in [6.07, 6.45) is 0. The van der Waals surface area contributed by atoms with Crippen molar-refractivity contribution < 1.29 is 9.21 Å². The fraction of sp³-hybridized carbons (Fsp3) is 0.214. The van der Waals surface area contributed by atoms with Gasteiger partial charge < -0.3 is 4.42 Å². The lowest BCUT2D eigenvalue weighted by molar-refractivity contribution is -0.116. The summed E-state index contributed by atoms with van der Waals surface area (Å²) in [5.41, 5.74) is 2.34. The van der Waals surface area contributed by atoms with Gasteiger partial charge >= 0.3 is 0 Å². The minimum absolute atomic E-state index is 0.0376. The maximum atomic E-state index is 11.3. The molecule has 0 spiro atoms. The van der Waals surface area contributed by atoms with Crippen LogP contribution in [0.5, 0.6) is 0 Å². The Morgan fingerprint density at radius 2 is 2.27 bits per heavy atom. The predicted molar refractivity (Wildman–Crippen MR) is 89.8 cm³/mol. The molecule has 0 fully saturated rings. The molecule has 3 aromatic rings. The zero-order valence-electron chi connectivity index (χ0n) is 11.9. The Balaban J connectivity index is 1.70. The summed E-state index contributed by atoms with van der Waals surface area (Å²) >= 11 is 8.83. The number of oxazole rings is 1. The summed E-state index contributed by atoms with van der Waals surface area (Å²) in [6.45, 7) is 1.51. The van der Waals surface area contributed by atoms with Gasteiger partial charge in [-0.3, -0.25) is 9.69 Å². The Bertz CT molecular complexity index is 830. The first kappa shape index (κ1) is 15.3. The van der Waals surface area contributed by atoms with E-state index in [0.29, 0.717) is 26.7 Å². The van der Waals surface area contributed by atoms with Gasteiger partial charge in [0.2, 0.25) is 5.91 Å². The molecular weight excluding hydrogens is 342 g/mol. The molecule has 0 aliphatic rings. The summed E-state index contributed by atoms with van der Waals surface area (Å²) in [7, 11) is 1.71. The van der Waals surface area contributed by atoms with E-state index in [2.05, 4.69) is 9.97 Å². The average Bonchev–Trinajstić information content (AvgIpc) is 3.09. The van der Waals surface area contributed by atoms with Gasteiger partial charge in [-0.25, -0.2) is 9.97 Å². The number of aromatic nitrogens is 2. The van der Waals surface area contributed by atoms with Crippen LogP contribution in [0.2, 0.25) is 5.02 Å². The van der Waals surface area contributed by atoms with Crippen LogP contribution in [0.15, 0.2) is 33.2 Å². The second-order valence-electron chi connectivity index (χ2n) is 4.58. The highest BCUT2D eigenvalue weighted by molar-refractivity contribution is 7.98. The van der Waals surface area contributed by atoms with E-state index in [0.717, 1.165) is 11.2 Å². The van der Waals surface area contributed by atoms with E-state index in [1.807, 2.05) is 5.38 Å². The third-order valence-electron chi connectivity index (χ3n) is 2.97. The van der Waals surface area contributed by atoms with Crippen molar-refractivity contribution in [1.82, 2.24) is 9.97 Å². The third kappa shape index (κ3) is 3.26. The number of thiazole rings is 1. The van der Waals surface area contributed by atoms with E-state index in [4.69, 9.17) is 16.0 Å². The van der Waals surface area contributed by atoms with Crippen LogP contribution in [0.3, 0.4) is 0 Å². The smallest absolute Gasteiger partial charge is 0.257 e. The van der Waals surface area contributed by atoms with Gasteiger partial charge in [0.05, 0.1) is 5.69 Å². The molecule has 1 amide bonds. The van der Waals surface area contributed by atoms with Crippen LogP contribution in [0.25, 0.3) is 11.1 Å². The number of hydrogen-bond donors (Lipinski definition) is 0. The van der Waals surface area contributed by atoms with Crippen molar-refractivity contribution in [3.05, 3.63) is 34.3 Å². The molecule has 8 heteroatoms. The van der Waals surface area contributed by atoms with Crippen molar-refractivity contribution in [2.45, 2.75) is 17.9 Å². The number of carbonyl (C=O) groups excluding carboxylic acids is 1. The Labute approximate surface area is 140 Å². The van der Waals surface area contributed by atoms with E-state index in [-0.39, 0.29) is 5.91 Å². The van der Waals surface area contributed by atoms with E-state index >= 15 is 0 Å². The van der Waals surface area contributed by atoms with Crippen molar-refractivity contribution in [2.24, 2.45) is 0 Å². The SMILES string of the molecule is CC(=O)N(C)c1nc(CSc2nc3cc(Cl)ccc3o2)cs1. The van der Waals surface area contributed by atoms with Gasteiger partial charge in [0.1, 0.15) is 5.52 Å². The number of thioether (sulfide) groups is 1. The molecule has 0 aliphatic carbocycles. The van der Waals surface area contributed by atoms with Gasteiger partial charge in [0, 0.05) is 30.1 Å². The lowest BCUT2D eigenvalue weighted by Crippen LogP contribution is -2.22. The molecule has 0 saturated carbocycles. The molecule has 22 heavy (non-hydrogen) atoms. The molecule has 0 saturated heterocycles. The number of anilines is 1. The van der Waals surface area contributed by atoms with Crippen LogP contribution in [-0.2, 0) is 10.5 Å². The zero-order chi connectivity index (χ0) is 15.7. The summed E-state index contributed by atoms with van der Waals surface area (Å²) < 4.78 is 5.64. The van der Waals surface area contributed by atoms with Crippen molar-refractivity contribution >= 4 is 56.8 Å². The van der Waals surface area contributed by atoms with Crippen LogP contribution in [0.1, 0.15) is 12.6 Å². The molecule has 0 N–H and O–H groups in total. The molecule has 0 bridgehead atoms. The molecule has 2 heterocycles. The van der Waals surface area contributed by atoms with Crippen LogP contribution in [-0.4, -0.2) is 22.9 Å². The lowest BCUT2D eigenvalue weighted by Gasteiger charge is -2.09. The van der Waals surface area contributed by atoms with Crippen molar-refractivity contribution in [1.29, 1.82) is 0 Å². The molecule has 5 nitrogen and oxygen atoms in total. The van der Waals surface area contributed by atoms with Gasteiger partial charge in [0.25, 0.3) is 5.22 Å². The highest BCUT2D eigenvalue weighted by Crippen LogP contribution is 2.29. The quantitative estimate of drug-likeness (QED) is 0.657. The minimum Gasteiger partial charge on any atom is -0.431 e. The maximum Gasteiger partial charge on any atom is 0.257 e. The average molecular weight is 354 g/mol. The Morgan fingerprint density at radius 1 is 1.45 bits per heavy atom. The van der Waals surface area contributed by atoms with Gasteiger partial charge in [-0.1, -0.05) is 23.4 Å². The summed E-state index contributed by atoms with van der Waals surface area (Å²) in [5, 5.41) is 3.83. The van der Waals surface area contributed by atoms with Crippen LogP contribution < -0.4 is 4.90 Å². The van der Waals surface area contributed by atoms with Gasteiger partial charge in [-0.2, -0.15) is 0 Å². The highest BCUT2D eigenvalue weighted by atomic mass is 35.5. The molecular formula is C14H12ClN3O2S2. The highest BCUT2D eigenvalue weighted by Gasteiger charge is 2.12. The minimum atomic E-state index is -0.0376. The first-order valence-corrected chi connectivity index (χ1v) is 8.65. The van der Waals surface area contributed by atoms with Crippen molar-refractivity contribution in [2.75, 3.05) is 11.9 Å². The summed E-state index contributed by atoms with van der Waals surface area (Å²) in [6, 6.07) is 5.35. The van der Waals surface area contributed by atoms with Crippen molar-refractivity contribution in [3.63, 3.8) is 0 Å². The number of amides is 1. The first-order valence-electron chi connectivity index (χ1n) is 6.40. The van der Waals surface area contributed by atoms with Crippen LogP contribution in [0.4, 0.5) is 5.13 Å². The molecule has 2 aromatic heterocycles. The second kappa shape index (κ2) is 6.28. The van der Waals surface area contributed by atoms with Gasteiger partial charge in [0.15, 0.2) is 10.7 Å². The number of benzene rings is 1. The lowest BCUT2D eigenvalue weighted by atomic mass is 10.3. The molecule has 1 aromatic carbocycles. The summed E-state index contributed by atoms with van der Waals surface area (Å²) in [4.78, 5) is 21.6. The Kier molecular flexibility index (Phi) is 4.37. The topological polar surface area (TPSA) is 59.2 Å². The fourth-order valence-electron chi connectivity index (χ4n) is 1.73. The molecule has 3 rings (SSSR count). The number of rotatable bonds is 4. The molecule has 0 unspecified atom stereocenters. The van der Waals surface area contributed by atoms with Crippen molar-refractivity contribution in [3.8, 4) is 0 Å². The van der Waals surface area contributed by atoms with E-state index < -0.39 is 0 Å². The van der Waals surface area contributed by atoms with Crippen LogP contribution >= 0.6 is 34.7 Å². The standard InChI is InChI=1S/C14H12ClN3O2S2/c1-8(19)18(2)13-16-10(6-21-13)7-22-14-17-11-5-9(15)3-4-12(11)20-14/h3-6H,7H2,1-2H3. The van der Waals surface area contributed by atoms with Gasteiger partial charge in [-0.05, 0) is 18.2 Å². The number of nitrogens with zero attached hydrogens (tertiary/aromatic N) is 3. The predicted octanol–water partition coefficient (Wildman–Crippen LogP) is 4.21. The zero-order valence-corrected chi connectivity index (χ0v) is 14.3. The summed E-state index contributed by atoms with van der Waals surface area (Å²) in [5.74, 6) is 0.590. The first-order chi connectivity index (χ1) is 10.5. The Hall–Kier alpha value is -1.57. The van der Waals surface area contributed by atoms with E-state index in [1.54, 1.807) is 25.2 Å². The number of fused-ring (bicyclic) bond motifs is 1. The largest absolute Gasteiger partial charge is 0.431 e. The Morgan fingerprint density at radius 3 is 3.05 bits per heavy atom. The monoisotopic (exact) mass is 353 g/mol. The van der Waals surface area contributed by atoms with E-state index in [1.165, 1.54) is 34.9 Å². The van der Waals surface area contributed by atoms with Crippen LogP contribution in [0, 0.1) is 0 Å². The maximum absolute atomic E-state index is 11.3. The molecule has 0 aliphatic heterocycles. The normalized spacial score (nSPS) is 11.0. The number of carbonyl (C=O) groups is 1. The molecule has 114 valence electrons. The second-order valence-corrected chi connectivity index (χ2v) is 6.78. The molecule has 0 atom stereocenters.